The van der Waals surface area contributed by atoms with Crippen molar-refractivity contribution in [3.05, 3.63) is 29.8 Å². The molecule has 4 heteroatoms. The van der Waals surface area contributed by atoms with Crippen molar-refractivity contribution in [2.24, 2.45) is 0 Å². The molecule has 0 radical (unpaired) electrons. The lowest BCUT2D eigenvalue weighted by Crippen LogP contribution is -2.01. The summed E-state index contributed by atoms with van der Waals surface area (Å²) < 4.78 is 27.6. The van der Waals surface area contributed by atoms with Gasteiger partial charge < -0.3 is 9.84 Å². The van der Waals surface area contributed by atoms with E-state index in [1.165, 1.54) is 12.1 Å². The number of alkyl halides is 2. The maximum absolute atomic E-state index is 11.7. The summed E-state index contributed by atoms with van der Waals surface area (Å²) in [6.45, 7) is -2.74. The molecule has 0 aliphatic carbocycles. The monoisotopic (exact) mass is 188 g/mol. The van der Waals surface area contributed by atoms with E-state index in [4.69, 9.17) is 5.11 Å². The fourth-order valence-electron chi connectivity index (χ4n) is 0.967. The van der Waals surface area contributed by atoms with Crippen molar-refractivity contribution in [2.75, 3.05) is 6.61 Å². The molecule has 72 valence electrons. The van der Waals surface area contributed by atoms with Gasteiger partial charge in [-0.2, -0.15) is 8.78 Å². The molecule has 0 unspecified atom stereocenters. The van der Waals surface area contributed by atoms with Crippen molar-refractivity contribution in [1.29, 1.82) is 0 Å². The number of aliphatic hydroxyl groups is 1. The van der Waals surface area contributed by atoms with Gasteiger partial charge in [-0.15, -0.1) is 0 Å². The van der Waals surface area contributed by atoms with Gasteiger partial charge in [-0.25, -0.2) is 0 Å². The van der Waals surface area contributed by atoms with E-state index >= 15 is 0 Å². The average molecular weight is 188 g/mol. The van der Waals surface area contributed by atoms with Crippen molar-refractivity contribution in [1.82, 2.24) is 0 Å². The Hall–Kier alpha value is -1.16. The summed E-state index contributed by atoms with van der Waals surface area (Å²) in [6.07, 6.45) is 0.523. The Labute approximate surface area is 74.8 Å². The lowest BCUT2D eigenvalue weighted by molar-refractivity contribution is -0.0498. The predicted octanol–water partition coefficient (Wildman–Crippen LogP) is 1.82. The van der Waals surface area contributed by atoms with Crippen molar-refractivity contribution in [2.45, 2.75) is 13.0 Å². The van der Waals surface area contributed by atoms with Crippen LogP contribution in [-0.2, 0) is 6.42 Å². The van der Waals surface area contributed by atoms with Crippen LogP contribution in [0.1, 0.15) is 5.56 Å². The van der Waals surface area contributed by atoms with Crippen LogP contribution in [0.4, 0.5) is 8.78 Å². The van der Waals surface area contributed by atoms with E-state index in [-0.39, 0.29) is 12.4 Å². The zero-order chi connectivity index (χ0) is 9.68. The Bertz CT molecular complexity index is 246. The average Bonchev–Trinajstić information content (AvgIpc) is 2.08. The van der Waals surface area contributed by atoms with Gasteiger partial charge in [-0.1, -0.05) is 12.1 Å². The highest BCUT2D eigenvalue weighted by Crippen LogP contribution is 2.14. The van der Waals surface area contributed by atoms with Gasteiger partial charge in [0.25, 0.3) is 0 Å². The third kappa shape index (κ3) is 3.38. The summed E-state index contributed by atoms with van der Waals surface area (Å²) in [7, 11) is 0. The van der Waals surface area contributed by atoms with Gasteiger partial charge in [0.2, 0.25) is 0 Å². The summed E-state index contributed by atoms with van der Waals surface area (Å²) in [5.74, 6) is 0.136. The van der Waals surface area contributed by atoms with E-state index in [0.717, 1.165) is 5.56 Å². The molecule has 1 N–H and O–H groups in total. The third-order valence-corrected chi connectivity index (χ3v) is 1.55. The molecule has 1 rings (SSSR count). The highest BCUT2D eigenvalue weighted by molar-refractivity contribution is 5.27. The van der Waals surface area contributed by atoms with E-state index in [2.05, 4.69) is 4.74 Å². The minimum absolute atomic E-state index is 0.0506. The Morgan fingerprint density at radius 2 is 1.85 bits per heavy atom. The Kier molecular flexibility index (Phi) is 3.64. The number of ether oxygens (including phenoxy) is 1. The first kappa shape index (κ1) is 9.92. The van der Waals surface area contributed by atoms with Crippen LogP contribution in [0.25, 0.3) is 0 Å². The normalized spacial score (nSPS) is 10.5. The predicted molar refractivity (Wildman–Crippen MR) is 43.9 cm³/mol. The second-order valence-corrected chi connectivity index (χ2v) is 2.50. The van der Waals surface area contributed by atoms with E-state index in [1.807, 2.05) is 0 Å². The first-order chi connectivity index (χ1) is 6.22. The molecule has 0 spiro atoms. The number of aliphatic hydroxyl groups excluding tert-OH is 1. The smallest absolute Gasteiger partial charge is 0.387 e. The van der Waals surface area contributed by atoms with Crippen molar-refractivity contribution >= 4 is 0 Å². The van der Waals surface area contributed by atoms with Gasteiger partial charge in [0.05, 0.1) is 0 Å². The van der Waals surface area contributed by atoms with Crippen LogP contribution in [0.3, 0.4) is 0 Å². The van der Waals surface area contributed by atoms with Crippen LogP contribution < -0.4 is 4.74 Å². The molecule has 0 bridgehead atoms. The summed E-state index contributed by atoms with van der Waals surface area (Å²) in [5, 5.41) is 8.58. The fraction of sp³-hybridized carbons (Fsp3) is 0.333. The standard InChI is InChI=1S/C9H10F2O2/c10-9(11)13-8-3-1-7(2-4-8)5-6-12/h1-4,9,12H,5-6H2. The lowest BCUT2D eigenvalue weighted by atomic mass is 10.1. The van der Waals surface area contributed by atoms with Gasteiger partial charge in [-0.3, -0.25) is 0 Å². The van der Waals surface area contributed by atoms with Gasteiger partial charge in [0, 0.05) is 6.61 Å². The Morgan fingerprint density at radius 1 is 1.23 bits per heavy atom. The second-order valence-electron chi connectivity index (χ2n) is 2.50. The van der Waals surface area contributed by atoms with Crippen LogP contribution in [0, 0.1) is 0 Å². The second kappa shape index (κ2) is 4.77. The molecular formula is C9H10F2O2. The summed E-state index contributed by atoms with van der Waals surface area (Å²) in [5.41, 5.74) is 0.893. The van der Waals surface area contributed by atoms with Crippen molar-refractivity contribution < 1.29 is 18.6 Å². The zero-order valence-corrected chi connectivity index (χ0v) is 6.91. The third-order valence-electron chi connectivity index (χ3n) is 1.55. The SMILES string of the molecule is OCCc1ccc(OC(F)F)cc1. The molecule has 0 saturated heterocycles. The van der Waals surface area contributed by atoms with Gasteiger partial charge in [0.15, 0.2) is 0 Å². The number of hydrogen-bond donors (Lipinski definition) is 1. The van der Waals surface area contributed by atoms with Gasteiger partial charge in [-0.05, 0) is 24.1 Å². The minimum atomic E-state index is -2.79. The number of hydrogen-bond acceptors (Lipinski definition) is 2. The largest absolute Gasteiger partial charge is 0.435 e. The number of benzene rings is 1. The Morgan fingerprint density at radius 3 is 2.31 bits per heavy atom. The van der Waals surface area contributed by atoms with E-state index in [9.17, 15) is 8.78 Å². The van der Waals surface area contributed by atoms with E-state index in [1.54, 1.807) is 12.1 Å². The first-order valence-corrected chi connectivity index (χ1v) is 3.87. The molecule has 1 aromatic rings. The zero-order valence-electron chi connectivity index (χ0n) is 6.91. The highest BCUT2D eigenvalue weighted by atomic mass is 19.3. The maximum atomic E-state index is 11.7. The molecule has 0 atom stereocenters. The number of rotatable bonds is 4. The van der Waals surface area contributed by atoms with Crippen molar-refractivity contribution in [3.63, 3.8) is 0 Å². The molecule has 0 aromatic heterocycles. The van der Waals surface area contributed by atoms with E-state index in [0.29, 0.717) is 6.42 Å². The van der Waals surface area contributed by atoms with Crippen LogP contribution in [0.5, 0.6) is 5.75 Å². The summed E-state index contributed by atoms with van der Waals surface area (Å²) in [4.78, 5) is 0. The van der Waals surface area contributed by atoms with Gasteiger partial charge in [0.1, 0.15) is 5.75 Å². The Balaban J connectivity index is 2.59. The van der Waals surface area contributed by atoms with Gasteiger partial charge >= 0.3 is 6.61 Å². The molecular weight excluding hydrogens is 178 g/mol. The number of halogens is 2. The van der Waals surface area contributed by atoms with Crippen molar-refractivity contribution in [3.8, 4) is 5.75 Å². The minimum Gasteiger partial charge on any atom is -0.435 e. The molecule has 2 nitrogen and oxygen atoms in total. The summed E-state index contributed by atoms with van der Waals surface area (Å²) in [6, 6.07) is 6.20. The van der Waals surface area contributed by atoms with Crippen LogP contribution in [0.15, 0.2) is 24.3 Å². The molecule has 0 aliphatic heterocycles. The molecule has 0 fully saturated rings. The first-order valence-electron chi connectivity index (χ1n) is 3.87. The molecule has 0 aliphatic rings. The molecule has 1 aromatic carbocycles. The summed E-state index contributed by atoms with van der Waals surface area (Å²) >= 11 is 0. The lowest BCUT2D eigenvalue weighted by Gasteiger charge is -2.04. The molecule has 13 heavy (non-hydrogen) atoms. The maximum Gasteiger partial charge on any atom is 0.387 e. The fourth-order valence-corrected chi connectivity index (χ4v) is 0.967. The molecule has 0 heterocycles. The highest BCUT2D eigenvalue weighted by Gasteiger charge is 2.02. The van der Waals surface area contributed by atoms with E-state index < -0.39 is 6.61 Å². The molecule has 0 saturated carbocycles. The van der Waals surface area contributed by atoms with Crippen LogP contribution >= 0.6 is 0 Å². The van der Waals surface area contributed by atoms with Crippen LogP contribution in [-0.4, -0.2) is 18.3 Å². The topological polar surface area (TPSA) is 29.5 Å². The van der Waals surface area contributed by atoms with Crippen LogP contribution in [0.2, 0.25) is 0 Å². The quantitative estimate of drug-likeness (QED) is 0.781. The molecule has 0 amide bonds.